The van der Waals surface area contributed by atoms with Crippen LogP contribution in [0.3, 0.4) is 0 Å². The van der Waals surface area contributed by atoms with Gasteiger partial charge in [0.2, 0.25) is 0 Å². The summed E-state index contributed by atoms with van der Waals surface area (Å²) in [7, 11) is -2.30. The second-order valence-corrected chi connectivity index (χ2v) is 10.5. The predicted molar refractivity (Wildman–Crippen MR) is 130 cm³/mol. The van der Waals surface area contributed by atoms with E-state index in [0.29, 0.717) is 28.9 Å². The number of hydrogen-bond donors (Lipinski definition) is 2. The minimum atomic E-state index is -3.84. The van der Waals surface area contributed by atoms with E-state index in [1.54, 1.807) is 12.1 Å². The fourth-order valence-corrected chi connectivity index (χ4v) is 5.93. The maximum Gasteiger partial charge on any atom is 0.262 e. The van der Waals surface area contributed by atoms with Crippen LogP contribution in [0.4, 0.5) is 11.4 Å². The lowest BCUT2D eigenvalue weighted by Gasteiger charge is -2.38. The van der Waals surface area contributed by atoms with Crippen LogP contribution >= 0.6 is 15.9 Å². The molecule has 0 amide bonds. The molecule has 1 heterocycles. The third kappa shape index (κ3) is 4.51. The SMILES string of the molecule is COc1ccc(N2CC(C)NC(C)C2)cc1NS(=O)(=O)c1ccc(Br)c2ccccc12. The molecule has 0 aromatic heterocycles. The van der Waals surface area contributed by atoms with E-state index in [4.69, 9.17) is 4.74 Å². The van der Waals surface area contributed by atoms with Crippen LogP contribution in [0.15, 0.2) is 64.0 Å². The number of methoxy groups -OCH3 is 1. The molecule has 0 aliphatic carbocycles. The summed E-state index contributed by atoms with van der Waals surface area (Å²) in [6, 6.07) is 17.1. The van der Waals surface area contributed by atoms with Crippen molar-refractivity contribution >= 4 is 48.1 Å². The van der Waals surface area contributed by atoms with Crippen molar-refractivity contribution in [3.63, 3.8) is 0 Å². The number of anilines is 2. The number of nitrogens with zero attached hydrogens (tertiary/aromatic N) is 1. The second-order valence-electron chi connectivity index (χ2n) is 7.95. The predicted octanol–water partition coefficient (Wildman–Crippen LogP) is 4.60. The highest BCUT2D eigenvalue weighted by Gasteiger charge is 2.24. The van der Waals surface area contributed by atoms with Crippen LogP contribution in [0.5, 0.6) is 5.75 Å². The van der Waals surface area contributed by atoms with Crippen molar-refractivity contribution in [2.75, 3.05) is 29.8 Å². The lowest BCUT2D eigenvalue weighted by molar-refractivity contribution is 0.406. The van der Waals surface area contributed by atoms with E-state index in [1.165, 1.54) is 7.11 Å². The summed E-state index contributed by atoms with van der Waals surface area (Å²) in [6.07, 6.45) is 0. The van der Waals surface area contributed by atoms with Crippen molar-refractivity contribution in [2.45, 2.75) is 30.8 Å². The van der Waals surface area contributed by atoms with Crippen molar-refractivity contribution in [1.29, 1.82) is 0 Å². The molecule has 1 aliphatic heterocycles. The van der Waals surface area contributed by atoms with Gasteiger partial charge in [-0.25, -0.2) is 8.42 Å². The van der Waals surface area contributed by atoms with Gasteiger partial charge in [0.25, 0.3) is 10.0 Å². The average molecular weight is 504 g/mol. The van der Waals surface area contributed by atoms with Crippen LogP contribution in [0.1, 0.15) is 13.8 Å². The normalized spacial score (nSPS) is 19.4. The molecule has 1 fully saturated rings. The number of fused-ring (bicyclic) bond motifs is 1. The lowest BCUT2D eigenvalue weighted by atomic mass is 10.1. The van der Waals surface area contributed by atoms with Crippen molar-refractivity contribution in [3.05, 3.63) is 59.1 Å². The highest BCUT2D eigenvalue weighted by molar-refractivity contribution is 9.10. The van der Waals surface area contributed by atoms with Gasteiger partial charge in [-0.05, 0) is 49.6 Å². The van der Waals surface area contributed by atoms with Gasteiger partial charge in [-0.1, -0.05) is 40.2 Å². The van der Waals surface area contributed by atoms with Crippen molar-refractivity contribution in [1.82, 2.24) is 5.32 Å². The Morgan fingerprint density at radius 3 is 2.39 bits per heavy atom. The summed E-state index contributed by atoms with van der Waals surface area (Å²) < 4.78 is 35.8. The highest BCUT2D eigenvalue weighted by atomic mass is 79.9. The maximum atomic E-state index is 13.4. The second kappa shape index (κ2) is 8.68. The zero-order valence-electron chi connectivity index (χ0n) is 17.7. The minimum absolute atomic E-state index is 0.225. The molecule has 0 bridgehead atoms. The first-order valence-corrected chi connectivity index (χ1v) is 12.4. The summed E-state index contributed by atoms with van der Waals surface area (Å²) >= 11 is 3.50. The van der Waals surface area contributed by atoms with Crippen LogP contribution in [-0.2, 0) is 10.0 Å². The Balaban J connectivity index is 1.72. The lowest BCUT2D eigenvalue weighted by Crippen LogP contribution is -2.54. The number of benzene rings is 3. The molecule has 4 rings (SSSR count). The minimum Gasteiger partial charge on any atom is -0.495 e. The number of hydrogen-bond acceptors (Lipinski definition) is 5. The number of nitrogens with one attached hydrogen (secondary N) is 2. The molecule has 31 heavy (non-hydrogen) atoms. The molecular weight excluding hydrogens is 478 g/mol. The zero-order valence-corrected chi connectivity index (χ0v) is 20.1. The Hall–Kier alpha value is -2.29. The van der Waals surface area contributed by atoms with Crippen molar-refractivity contribution < 1.29 is 13.2 Å². The van der Waals surface area contributed by atoms with Crippen molar-refractivity contribution in [2.24, 2.45) is 0 Å². The monoisotopic (exact) mass is 503 g/mol. The van der Waals surface area contributed by atoms with Gasteiger partial charge >= 0.3 is 0 Å². The Morgan fingerprint density at radius 2 is 1.71 bits per heavy atom. The van der Waals surface area contributed by atoms with Crippen LogP contribution in [0, 0.1) is 0 Å². The first-order chi connectivity index (χ1) is 14.8. The van der Waals surface area contributed by atoms with Crippen LogP contribution in [0.25, 0.3) is 10.8 Å². The fraction of sp³-hybridized carbons (Fsp3) is 0.304. The van der Waals surface area contributed by atoms with Crippen LogP contribution < -0.4 is 19.7 Å². The van der Waals surface area contributed by atoms with E-state index in [2.05, 4.69) is 44.7 Å². The maximum absolute atomic E-state index is 13.4. The molecule has 1 aliphatic rings. The van der Waals surface area contributed by atoms with E-state index in [-0.39, 0.29) is 4.90 Å². The Kier molecular flexibility index (Phi) is 6.14. The van der Waals surface area contributed by atoms with Gasteiger partial charge < -0.3 is 15.0 Å². The summed E-state index contributed by atoms with van der Waals surface area (Å²) in [5.41, 5.74) is 1.38. The first-order valence-electron chi connectivity index (χ1n) is 10.2. The average Bonchev–Trinajstić information content (AvgIpc) is 2.73. The number of piperazine rings is 1. The zero-order chi connectivity index (χ0) is 22.2. The van der Waals surface area contributed by atoms with Crippen molar-refractivity contribution in [3.8, 4) is 5.75 Å². The number of sulfonamides is 1. The molecule has 1 saturated heterocycles. The molecule has 0 saturated carbocycles. The number of rotatable bonds is 5. The standard InChI is InChI=1S/C23H26BrN3O3S/c1-15-13-27(14-16(2)25-15)17-8-10-22(30-3)21(12-17)26-31(28,29)23-11-9-20(24)18-6-4-5-7-19(18)23/h4-12,15-16,25-26H,13-14H2,1-3H3. The topological polar surface area (TPSA) is 70.7 Å². The summed E-state index contributed by atoms with van der Waals surface area (Å²) in [4.78, 5) is 2.49. The van der Waals surface area contributed by atoms with E-state index in [1.807, 2.05) is 42.5 Å². The molecule has 164 valence electrons. The molecule has 0 radical (unpaired) electrons. The third-order valence-electron chi connectivity index (χ3n) is 5.47. The van der Waals surface area contributed by atoms with Gasteiger partial charge in [-0.2, -0.15) is 0 Å². The summed E-state index contributed by atoms with van der Waals surface area (Å²) in [5.74, 6) is 0.477. The molecule has 6 nitrogen and oxygen atoms in total. The molecular formula is C23H26BrN3O3S. The smallest absolute Gasteiger partial charge is 0.262 e. The molecule has 2 N–H and O–H groups in total. The van der Waals surface area contributed by atoms with Gasteiger partial charge in [0, 0.05) is 40.7 Å². The van der Waals surface area contributed by atoms with E-state index in [9.17, 15) is 8.42 Å². The van der Waals surface area contributed by atoms with E-state index < -0.39 is 10.0 Å². The Morgan fingerprint density at radius 1 is 1.03 bits per heavy atom. The van der Waals surface area contributed by atoms with Crippen LogP contribution in [0.2, 0.25) is 0 Å². The highest BCUT2D eigenvalue weighted by Crippen LogP contribution is 2.35. The molecule has 2 atom stereocenters. The van der Waals surface area contributed by atoms with E-state index >= 15 is 0 Å². The molecule has 3 aromatic carbocycles. The molecule has 8 heteroatoms. The number of halogens is 1. The van der Waals surface area contributed by atoms with Gasteiger partial charge in [0.1, 0.15) is 5.75 Å². The third-order valence-corrected chi connectivity index (χ3v) is 7.59. The Labute approximate surface area is 191 Å². The Bertz CT molecular complexity index is 1210. The van der Waals surface area contributed by atoms with E-state index in [0.717, 1.165) is 28.6 Å². The van der Waals surface area contributed by atoms with Gasteiger partial charge in [0.15, 0.2) is 0 Å². The molecule has 2 unspecified atom stereocenters. The fourth-order valence-electron chi connectivity index (χ4n) is 4.18. The molecule has 0 spiro atoms. The van der Waals surface area contributed by atoms with Crippen LogP contribution in [-0.4, -0.2) is 40.7 Å². The summed E-state index contributed by atoms with van der Waals surface area (Å²) in [5, 5.41) is 5.01. The first kappa shape index (κ1) is 21.9. The van der Waals surface area contributed by atoms with Gasteiger partial charge in [0.05, 0.1) is 17.7 Å². The molecule has 3 aromatic rings. The largest absolute Gasteiger partial charge is 0.495 e. The number of ether oxygens (including phenoxy) is 1. The van der Waals surface area contributed by atoms with Gasteiger partial charge in [-0.15, -0.1) is 0 Å². The van der Waals surface area contributed by atoms with Gasteiger partial charge in [-0.3, -0.25) is 4.72 Å². The summed E-state index contributed by atoms with van der Waals surface area (Å²) in [6.45, 7) is 5.99. The quantitative estimate of drug-likeness (QED) is 0.532.